The number of carbonyl (C=O) groups is 1. The molecule has 1 fully saturated rings. The summed E-state index contributed by atoms with van der Waals surface area (Å²) in [4.78, 5) is 14.6. The summed E-state index contributed by atoms with van der Waals surface area (Å²) in [6.45, 7) is 3.92. The summed E-state index contributed by atoms with van der Waals surface area (Å²) in [6, 6.07) is 10.4. The van der Waals surface area contributed by atoms with Crippen LogP contribution in [0.3, 0.4) is 0 Å². The van der Waals surface area contributed by atoms with Crippen LogP contribution in [-0.4, -0.2) is 57.7 Å². The zero-order valence-corrected chi connectivity index (χ0v) is 13.2. The van der Waals surface area contributed by atoms with Crippen LogP contribution in [0.4, 0.5) is 0 Å². The monoisotopic (exact) mass is 301 g/mol. The van der Waals surface area contributed by atoms with Gasteiger partial charge in [0, 0.05) is 26.2 Å². The van der Waals surface area contributed by atoms with Crippen molar-refractivity contribution in [3.63, 3.8) is 0 Å². The van der Waals surface area contributed by atoms with E-state index in [1.54, 1.807) is 0 Å². The SMILES string of the molecule is [B]NCCNC1(C(=O)OC)CCN(Cc2ccccc2)CC1. The Bertz CT molecular complexity index is 462. The van der Waals surface area contributed by atoms with Gasteiger partial charge in [-0.15, -0.1) is 0 Å². The molecule has 0 spiro atoms. The van der Waals surface area contributed by atoms with Crippen molar-refractivity contribution in [1.29, 1.82) is 0 Å². The van der Waals surface area contributed by atoms with Crippen LogP contribution in [0.1, 0.15) is 18.4 Å². The average molecular weight is 301 g/mol. The Morgan fingerprint density at radius 1 is 1.27 bits per heavy atom. The summed E-state index contributed by atoms with van der Waals surface area (Å²) in [5.74, 6) is -0.177. The van der Waals surface area contributed by atoms with Crippen molar-refractivity contribution in [2.24, 2.45) is 0 Å². The second kappa shape index (κ2) is 8.32. The molecule has 0 aromatic heterocycles. The summed E-state index contributed by atoms with van der Waals surface area (Å²) in [7, 11) is 6.74. The van der Waals surface area contributed by atoms with Gasteiger partial charge in [-0.3, -0.25) is 9.69 Å². The highest BCUT2D eigenvalue weighted by molar-refractivity contribution is 6.04. The van der Waals surface area contributed by atoms with E-state index in [9.17, 15) is 4.79 Å². The van der Waals surface area contributed by atoms with Gasteiger partial charge in [0.15, 0.2) is 7.98 Å². The number of nitrogens with zero attached hydrogens (tertiary/aromatic N) is 1. The lowest BCUT2D eigenvalue weighted by Crippen LogP contribution is -2.59. The average Bonchev–Trinajstić information content (AvgIpc) is 2.57. The predicted octanol–water partition coefficient (Wildman–Crippen LogP) is 0.457. The molecule has 1 aromatic rings. The Morgan fingerprint density at radius 2 is 1.95 bits per heavy atom. The molecule has 2 rings (SSSR count). The fourth-order valence-corrected chi connectivity index (χ4v) is 2.96. The first-order valence-corrected chi connectivity index (χ1v) is 7.73. The summed E-state index contributed by atoms with van der Waals surface area (Å²) in [5, 5.41) is 5.93. The van der Waals surface area contributed by atoms with Crippen LogP contribution in [-0.2, 0) is 16.1 Å². The van der Waals surface area contributed by atoms with Gasteiger partial charge in [-0.05, 0) is 24.9 Å². The van der Waals surface area contributed by atoms with E-state index in [4.69, 9.17) is 12.7 Å². The minimum Gasteiger partial charge on any atom is -0.468 e. The van der Waals surface area contributed by atoms with Gasteiger partial charge in [-0.2, -0.15) is 0 Å². The van der Waals surface area contributed by atoms with E-state index in [-0.39, 0.29) is 5.97 Å². The Labute approximate surface area is 133 Å². The van der Waals surface area contributed by atoms with Crippen LogP contribution in [0, 0.1) is 0 Å². The quantitative estimate of drug-likeness (QED) is 0.435. The zero-order chi connectivity index (χ0) is 15.8. The number of hydrogen-bond acceptors (Lipinski definition) is 5. The standard InChI is InChI=1S/C16H24BN3O2/c1-22-15(21)16(18-9-10-19-17)7-11-20(12-8-16)13-14-5-3-2-4-6-14/h2-6,18-19H,7-13H2,1H3. The van der Waals surface area contributed by atoms with Crippen LogP contribution >= 0.6 is 0 Å². The van der Waals surface area contributed by atoms with Crippen molar-refractivity contribution < 1.29 is 9.53 Å². The molecule has 1 aliphatic rings. The third-order valence-electron chi connectivity index (χ3n) is 4.27. The van der Waals surface area contributed by atoms with E-state index in [0.717, 1.165) is 32.5 Å². The molecule has 1 aliphatic heterocycles. The van der Waals surface area contributed by atoms with Gasteiger partial charge in [-0.25, -0.2) is 0 Å². The minimum atomic E-state index is -0.585. The topological polar surface area (TPSA) is 53.6 Å². The number of ether oxygens (including phenoxy) is 1. The summed E-state index contributed by atoms with van der Waals surface area (Å²) >= 11 is 0. The Balaban J connectivity index is 1.92. The van der Waals surface area contributed by atoms with Gasteiger partial charge in [-0.1, -0.05) is 30.3 Å². The molecule has 1 saturated heterocycles. The molecule has 22 heavy (non-hydrogen) atoms. The van der Waals surface area contributed by atoms with E-state index in [1.807, 2.05) is 6.07 Å². The lowest BCUT2D eigenvalue weighted by atomic mass is 9.87. The van der Waals surface area contributed by atoms with Crippen LogP contribution in [0.2, 0.25) is 0 Å². The first-order chi connectivity index (χ1) is 10.7. The van der Waals surface area contributed by atoms with Gasteiger partial charge in [0.2, 0.25) is 0 Å². The minimum absolute atomic E-state index is 0.177. The number of hydrogen-bond donors (Lipinski definition) is 2. The smallest absolute Gasteiger partial charge is 0.326 e. The van der Waals surface area contributed by atoms with Crippen molar-refractivity contribution in [1.82, 2.24) is 15.4 Å². The fraction of sp³-hybridized carbons (Fsp3) is 0.562. The van der Waals surface area contributed by atoms with Crippen molar-refractivity contribution in [2.75, 3.05) is 33.3 Å². The molecule has 0 unspecified atom stereocenters. The maximum absolute atomic E-state index is 12.2. The second-order valence-electron chi connectivity index (χ2n) is 5.72. The van der Waals surface area contributed by atoms with Crippen molar-refractivity contribution in [3.05, 3.63) is 35.9 Å². The number of esters is 1. The van der Waals surface area contributed by atoms with Gasteiger partial charge < -0.3 is 15.3 Å². The van der Waals surface area contributed by atoms with Crippen LogP contribution < -0.4 is 10.5 Å². The molecule has 1 heterocycles. The summed E-state index contributed by atoms with van der Waals surface area (Å²) in [6.07, 6.45) is 1.49. The highest BCUT2D eigenvalue weighted by atomic mass is 16.5. The number of likely N-dealkylation sites (tertiary alicyclic amines) is 1. The summed E-state index contributed by atoms with van der Waals surface area (Å²) in [5.41, 5.74) is 0.715. The largest absolute Gasteiger partial charge is 0.468 e. The molecule has 5 nitrogen and oxygen atoms in total. The number of carbonyl (C=O) groups excluding carboxylic acids is 1. The molecule has 0 aliphatic carbocycles. The highest BCUT2D eigenvalue weighted by Gasteiger charge is 2.41. The van der Waals surface area contributed by atoms with Gasteiger partial charge >= 0.3 is 5.97 Å². The zero-order valence-electron chi connectivity index (χ0n) is 13.2. The first-order valence-electron chi connectivity index (χ1n) is 7.73. The molecule has 1 aromatic carbocycles. The van der Waals surface area contributed by atoms with Crippen molar-refractivity contribution in [2.45, 2.75) is 24.9 Å². The summed E-state index contributed by atoms with van der Waals surface area (Å²) < 4.78 is 5.01. The third-order valence-corrected chi connectivity index (χ3v) is 4.27. The first kappa shape index (κ1) is 17.0. The molecule has 2 radical (unpaired) electrons. The number of nitrogens with one attached hydrogen (secondary N) is 2. The maximum atomic E-state index is 12.2. The van der Waals surface area contributed by atoms with Gasteiger partial charge in [0.05, 0.1) is 7.11 Å². The fourth-order valence-electron chi connectivity index (χ4n) is 2.96. The third kappa shape index (κ3) is 4.32. The number of piperidine rings is 1. The molecular weight excluding hydrogens is 277 g/mol. The molecule has 0 bridgehead atoms. The van der Waals surface area contributed by atoms with E-state index in [2.05, 4.69) is 39.7 Å². The number of rotatable bonds is 7. The molecule has 0 atom stereocenters. The van der Waals surface area contributed by atoms with Crippen LogP contribution in [0.25, 0.3) is 0 Å². The van der Waals surface area contributed by atoms with E-state index < -0.39 is 5.54 Å². The lowest BCUT2D eigenvalue weighted by molar-refractivity contribution is -0.151. The van der Waals surface area contributed by atoms with E-state index in [0.29, 0.717) is 13.1 Å². The lowest BCUT2D eigenvalue weighted by Gasteiger charge is -2.40. The van der Waals surface area contributed by atoms with Crippen LogP contribution in [0.15, 0.2) is 30.3 Å². The Hall–Kier alpha value is -1.37. The van der Waals surface area contributed by atoms with E-state index in [1.165, 1.54) is 12.7 Å². The second-order valence-corrected chi connectivity index (χ2v) is 5.72. The van der Waals surface area contributed by atoms with Gasteiger partial charge in [0.1, 0.15) is 5.54 Å². The molecule has 118 valence electrons. The normalized spacial score (nSPS) is 18.0. The van der Waals surface area contributed by atoms with Crippen molar-refractivity contribution in [3.8, 4) is 0 Å². The Morgan fingerprint density at radius 3 is 2.55 bits per heavy atom. The van der Waals surface area contributed by atoms with Crippen LogP contribution in [0.5, 0.6) is 0 Å². The van der Waals surface area contributed by atoms with Crippen molar-refractivity contribution >= 4 is 14.0 Å². The Kier molecular flexibility index (Phi) is 6.42. The molecule has 2 N–H and O–H groups in total. The predicted molar refractivity (Wildman–Crippen MR) is 87.5 cm³/mol. The highest BCUT2D eigenvalue weighted by Crippen LogP contribution is 2.24. The maximum Gasteiger partial charge on any atom is 0.326 e. The number of benzene rings is 1. The molecule has 0 saturated carbocycles. The molecular formula is C16H24BN3O2. The van der Waals surface area contributed by atoms with E-state index >= 15 is 0 Å². The molecule has 0 amide bonds. The number of methoxy groups -OCH3 is 1. The van der Waals surface area contributed by atoms with Gasteiger partial charge in [0.25, 0.3) is 0 Å². The molecule has 6 heteroatoms.